The van der Waals surface area contributed by atoms with Gasteiger partial charge in [0.2, 0.25) is 11.7 Å². The van der Waals surface area contributed by atoms with Crippen molar-refractivity contribution >= 4 is 23.2 Å². The van der Waals surface area contributed by atoms with Crippen molar-refractivity contribution in [3.8, 4) is 0 Å². The van der Waals surface area contributed by atoms with Gasteiger partial charge in [-0.2, -0.15) is 0 Å². The first kappa shape index (κ1) is 22.2. The molecule has 1 aromatic heterocycles. The van der Waals surface area contributed by atoms with E-state index in [0.29, 0.717) is 44.7 Å². The van der Waals surface area contributed by atoms with E-state index in [0.717, 1.165) is 24.6 Å². The third-order valence-corrected chi connectivity index (χ3v) is 6.10. The van der Waals surface area contributed by atoms with Crippen molar-refractivity contribution in [2.24, 2.45) is 5.92 Å². The molecule has 2 aliphatic rings. The number of halogens is 2. The first-order valence-corrected chi connectivity index (χ1v) is 10.8. The van der Waals surface area contributed by atoms with Gasteiger partial charge in [0, 0.05) is 49.5 Å². The maximum atomic E-state index is 12.7. The SMILES string of the molecule is O=C(Nc1ccc(N2CCN(C(=O)C3CCC(O)CC3)CC2)cc1)c1cc(C(F)F)no1. The Bertz CT molecular complexity index is 934. The number of benzene rings is 1. The molecule has 0 atom stereocenters. The van der Waals surface area contributed by atoms with Gasteiger partial charge in [0.05, 0.1) is 6.10 Å². The first-order valence-electron chi connectivity index (χ1n) is 10.8. The number of nitrogens with one attached hydrogen (secondary N) is 1. The van der Waals surface area contributed by atoms with Crippen molar-refractivity contribution in [3.05, 3.63) is 41.8 Å². The van der Waals surface area contributed by atoms with Gasteiger partial charge < -0.3 is 24.7 Å². The van der Waals surface area contributed by atoms with Crippen molar-refractivity contribution in [2.45, 2.75) is 38.2 Å². The van der Waals surface area contributed by atoms with E-state index in [1.165, 1.54) is 0 Å². The highest BCUT2D eigenvalue weighted by Gasteiger charge is 2.30. The molecule has 4 rings (SSSR count). The Morgan fingerprint density at radius 3 is 2.31 bits per heavy atom. The molecule has 2 fully saturated rings. The van der Waals surface area contributed by atoms with Crippen molar-refractivity contribution < 1.29 is 28.0 Å². The molecule has 2 heterocycles. The van der Waals surface area contributed by atoms with Crippen LogP contribution in [-0.4, -0.2) is 59.3 Å². The van der Waals surface area contributed by atoms with Crippen molar-refractivity contribution in [3.63, 3.8) is 0 Å². The smallest absolute Gasteiger partial charge is 0.294 e. The molecule has 1 aliphatic carbocycles. The molecule has 1 aromatic carbocycles. The molecule has 1 saturated heterocycles. The fourth-order valence-corrected chi connectivity index (χ4v) is 4.21. The number of rotatable bonds is 5. The van der Waals surface area contributed by atoms with Gasteiger partial charge in [-0.25, -0.2) is 8.78 Å². The minimum Gasteiger partial charge on any atom is -0.393 e. The van der Waals surface area contributed by atoms with Crippen LogP contribution in [0.2, 0.25) is 0 Å². The number of hydrogen-bond donors (Lipinski definition) is 2. The van der Waals surface area contributed by atoms with E-state index in [2.05, 4.69) is 19.9 Å². The van der Waals surface area contributed by atoms with E-state index >= 15 is 0 Å². The summed E-state index contributed by atoms with van der Waals surface area (Å²) >= 11 is 0. The Labute approximate surface area is 184 Å². The summed E-state index contributed by atoms with van der Waals surface area (Å²) in [7, 11) is 0. The normalized spacial score (nSPS) is 21.6. The van der Waals surface area contributed by atoms with Gasteiger partial charge in [-0.1, -0.05) is 5.16 Å². The number of carbonyl (C=O) groups is 2. The maximum Gasteiger partial charge on any atom is 0.294 e. The fourth-order valence-electron chi connectivity index (χ4n) is 4.21. The van der Waals surface area contributed by atoms with E-state index in [1.807, 2.05) is 17.0 Å². The summed E-state index contributed by atoms with van der Waals surface area (Å²) in [6.07, 6.45) is -0.164. The number of aromatic nitrogens is 1. The summed E-state index contributed by atoms with van der Waals surface area (Å²) < 4.78 is 29.8. The standard InChI is InChI=1S/C22H26F2N4O4/c23-20(24)18-13-19(32-26-18)21(30)25-15-3-5-16(6-4-15)27-9-11-28(12-10-27)22(31)14-1-7-17(29)8-2-14/h3-6,13-14,17,20,29H,1-2,7-12H2,(H,25,30). The number of alkyl halides is 2. The topological polar surface area (TPSA) is 98.9 Å². The molecule has 0 spiro atoms. The molecule has 2 N–H and O–H groups in total. The summed E-state index contributed by atoms with van der Waals surface area (Å²) in [6, 6.07) is 8.09. The van der Waals surface area contributed by atoms with Crippen LogP contribution in [0.25, 0.3) is 0 Å². The van der Waals surface area contributed by atoms with E-state index in [9.17, 15) is 23.5 Å². The summed E-state index contributed by atoms with van der Waals surface area (Å²) in [4.78, 5) is 29.0. The van der Waals surface area contributed by atoms with Crippen LogP contribution < -0.4 is 10.2 Å². The zero-order chi connectivity index (χ0) is 22.7. The largest absolute Gasteiger partial charge is 0.393 e. The van der Waals surface area contributed by atoms with E-state index in [4.69, 9.17) is 0 Å². The van der Waals surface area contributed by atoms with Crippen LogP contribution in [0, 0.1) is 5.92 Å². The first-order chi connectivity index (χ1) is 15.4. The Hall–Kier alpha value is -3.01. The average Bonchev–Trinajstić information content (AvgIpc) is 3.31. The molecule has 0 radical (unpaired) electrons. The van der Waals surface area contributed by atoms with E-state index < -0.39 is 18.0 Å². The number of anilines is 2. The van der Waals surface area contributed by atoms with E-state index in [1.54, 1.807) is 12.1 Å². The summed E-state index contributed by atoms with van der Waals surface area (Å²) in [5, 5.41) is 15.4. The number of hydrogen-bond acceptors (Lipinski definition) is 6. The van der Waals surface area contributed by atoms with Gasteiger partial charge in [0.25, 0.3) is 12.3 Å². The molecule has 1 saturated carbocycles. The molecule has 2 amide bonds. The zero-order valence-electron chi connectivity index (χ0n) is 17.5. The lowest BCUT2D eigenvalue weighted by molar-refractivity contribution is -0.137. The molecule has 0 unspecified atom stereocenters. The predicted octanol–water partition coefficient (Wildman–Crippen LogP) is 3.06. The second-order valence-electron chi connectivity index (χ2n) is 8.24. The predicted molar refractivity (Wildman–Crippen MR) is 113 cm³/mol. The number of carbonyl (C=O) groups excluding carboxylic acids is 2. The monoisotopic (exact) mass is 448 g/mol. The molecule has 172 valence electrons. The van der Waals surface area contributed by atoms with Gasteiger partial charge in [-0.3, -0.25) is 9.59 Å². The highest BCUT2D eigenvalue weighted by atomic mass is 19.3. The number of amides is 2. The van der Waals surface area contributed by atoms with Gasteiger partial charge >= 0.3 is 0 Å². The highest BCUT2D eigenvalue weighted by molar-refractivity contribution is 6.02. The quantitative estimate of drug-likeness (QED) is 0.730. The van der Waals surface area contributed by atoms with Crippen molar-refractivity contribution in [1.82, 2.24) is 10.1 Å². The molecule has 0 bridgehead atoms. The minimum absolute atomic E-state index is 0.0222. The Kier molecular flexibility index (Phi) is 6.69. The maximum absolute atomic E-state index is 12.7. The number of piperazine rings is 1. The van der Waals surface area contributed by atoms with Crippen LogP contribution in [0.1, 0.15) is 48.4 Å². The second kappa shape index (κ2) is 9.64. The molecule has 8 nitrogen and oxygen atoms in total. The van der Waals surface area contributed by atoms with Crippen molar-refractivity contribution in [1.29, 1.82) is 0 Å². The van der Waals surface area contributed by atoms with Crippen LogP contribution in [0.3, 0.4) is 0 Å². The van der Waals surface area contributed by atoms with Crippen molar-refractivity contribution in [2.75, 3.05) is 36.4 Å². The number of nitrogens with zero attached hydrogens (tertiary/aromatic N) is 3. The minimum atomic E-state index is -2.80. The van der Waals surface area contributed by atoms with E-state index in [-0.39, 0.29) is 23.7 Å². The van der Waals surface area contributed by atoms with Crippen LogP contribution in [0.4, 0.5) is 20.2 Å². The fraction of sp³-hybridized carbons (Fsp3) is 0.500. The van der Waals surface area contributed by atoms with Crippen LogP contribution in [0.15, 0.2) is 34.9 Å². The summed E-state index contributed by atoms with van der Waals surface area (Å²) in [5.74, 6) is -0.719. The molecule has 1 aliphatic heterocycles. The summed E-state index contributed by atoms with van der Waals surface area (Å²) in [6.45, 7) is 2.71. The Morgan fingerprint density at radius 2 is 1.72 bits per heavy atom. The number of aliphatic hydroxyl groups is 1. The van der Waals surface area contributed by atoms with Gasteiger partial charge in [-0.15, -0.1) is 0 Å². The lowest BCUT2D eigenvalue weighted by Crippen LogP contribution is -2.50. The van der Waals surface area contributed by atoms with Crippen LogP contribution >= 0.6 is 0 Å². The molecular weight excluding hydrogens is 422 g/mol. The second-order valence-corrected chi connectivity index (χ2v) is 8.24. The zero-order valence-corrected chi connectivity index (χ0v) is 17.5. The van der Waals surface area contributed by atoms with Crippen LogP contribution in [0.5, 0.6) is 0 Å². The lowest BCUT2D eigenvalue weighted by atomic mass is 9.86. The lowest BCUT2D eigenvalue weighted by Gasteiger charge is -2.38. The third-order valence-electron chi connectivity index (χ3n) is 6.10. The summed E-state index contributed by atoms with van der Waals surface area (Å²) in [5.41, 5.74) is 0.891. The van der Waals surface area contributed by atoms with Gasteiger partial charge in [0.1, 0.15) is 0 Å². The molecule has 10 heteroatoms. The molecule has 32 heavy (non-hydrogen) atoms. The van der Waals surface area contributed by atoms with Crippen LogP contribution in [-0.2, 0) is 4.79 Å². The molecule has 2 aromatic rings. The van der Waals surface area contributed by atoms with Gasteiger partial charge in [0.15, 0.2) is 5.69 Å². The number of aliphatic hydroxyl groups excluding tert-OH is 1. The molecular formula is C22H26F2N4O4. The Balaban J connectivity index is 1.28. The average molecular weight is 448 g/mol. The highest BCUT2D eigenvalue weighted by Crippen LogP contribution is 2.27. The Morgan fingerprint density at radius 1 is 1.06 bits per heavy atom. The van der Waals surface area contributed by atoms with Gasteiger partial charge in [-0.05, 0) is 49.9 Å². The third kappa shape index (κ3) is 5.07.